The van der Waals surface area contributed by atoms with Crippen molar-refractivity contribution in [2.24, 2.45) is 5.41 Å². The van der Waals surface area contributed by atoms with E-state index in [1.165, 1.54) is 5.56 Å². The Morgan fingerprint density at radius 1 is 1.12 bits per heavy atom. The summed E-state index contributed by atoms with van der Waals surface area (Å²) in [4.78, 5) is 23.3. The van der Waals surface area contributed by atoms with Crippen LogP contribution in [0.1, 0.15) is 56.4 Å². The molecular formula is C19H26N2O3. The van der Waals surface area contributed by atoms with Crippen molar-refractivity contribution in [1.82, 2.24) is 10.6 Å². The Kier molecular flexibility index (Phi) is 5.07. The molecule has 0 unspecified atom stereocenters. The Morgan fingerprint density at radius 2 is 1.83 bits per heavy atom. The molecule has 24 heavy (non-hydrogen) atoms. The number of amides is 2. The molecule has 1 aromatic carbocycles. The summed E-state index contributed by atoms with van der Waals surface area (Å²) in [6, 6.07) is 10.2. The number of urea groups is 1. The van der Waals surface area contributed by atoms with Crippen LogP contribution in [-0.4, -0.2) is 29.7 Å². The van der Waals surface area contributed by atoms with Crippen LogP contribution in [-0.2, 0) is 4.79 Å². The van der Waals surface area contributed by atoms with Gasteiger partial charge in [0.15, 0.2) is 0 Å². The molecule has 3 N–H and O–H groups in total. The summed E-state index contributed by atoms with van der Waals surface area (Å²) in [5, 5.41) is 15.1. The summed E-state index contributed by atoms with van der Waals surface area (Å²) < 4.78 is 0. The summed E-state index contributed by atoms with van der Waals surface area (Å²) in [6.45, 7) is 0.452. The van der Waals surface area contributed by atoms with Crippen LogP contribution in [0.15, 0.2) is 30.3 Å². The fourth-order valence-electron chi connectivity index (χ4n) is 3.95. The summed E-state index contributed by atoms with van der Waals surface area (Å²) in [5.74, 6) is -0.370. The second kappa shape index (κ2) is 7.24. The lowest BCUT2D eigenvalue weighted by Gasteiger charge is -2.36. The molecule has 130 valence electrons. The monoisotopic (exact) mass is 330 g/mol. The molecule has 0 heterocycles. The largest absolute Gasteiger partial charge is 0.481 e. The number of carboxylic acids is 1. The van der Waals surface area contributed by atoms with E-state index < -0.39 is 5.97 Å². The molecule has 0 aromatic heterocycles. The van der Waals surface area contributed by atoms with Gasteiger partial charge in [-0.15, -0.1) is 0 Å². The third-order valence-electron chi connectivity index (χ3n) is 5.40. The zero-order chi connectivity index (χ0) is 17.0. The van der Waals surface area contributed by atoms with Gasteiger partial charge >= 0.3 is 12.0 Å². The van der Waals surface area contributed by atoms with Gasteiger partial charge in [0, 0.05) is 18.5 Å². The van der Waals surface area contributed by atoms with Gasteiger partial charge in [-0.05, 0) is 30.2 Å². The van der Waals surface area contributed by atoms with Crippen molar-refractivity contribution in [3.63, 3.8) is 0 Å². The van der Waals surface area contributed by atoms with Crippen molar-refractivity contribution >= 4 is 12.0 Å². The van der Waals surface area contributed by atoms with Crippen LogP contribution < -0.4 is 10.6 Å². The lowest BCUT2D eigenvalue weighted by atomic mass is 9.72. The normalized spacial score (nSPS) is 24.8. The minimum atomic E-state index is -0.773. The predicted octanol–water partition coefficient (Wildman–Crippen LogP) is 3.27. The summed E-state index contributed by atoms with van der Waals surface area (Å²) in [7, 11) is 0. The van der Waals surface area contributed by atoms with Gasteiger partial charge in [0.05, 0.1) is 6.42 Å². The van der Waals surface area contributed by atoms with Crippen molar-refractivity contribution in [1.29, 1.82) is 0 Å². The van der Waals surface area contributed by atoms with Gasteiger partial charge in [-0.25, -0.2) is 4.79 Å². The average Bonchev–Trinajstić information content (AvgIpc) is 3.33. The van der Waals surface area contributed by atoms with Crippen molar-refractivity contribution in [3.05, 3.63) is 35.9 Å². The number of hydrogen-bond donors (Lipinski definition) is 3. The van der Waals surface area contributed by atoms with E-state index in [0.717, 1.165) is 38.5 Å². The van der Waals surface area contributed by atoms with E-state index in [-0.39, 0.29) is 23.9 Å². The average molecular weight is 330 g/mol. The fraction of sp³-hybridized carbons (Fsp3) is 0.579. The first kappa shape index (κ1) is 16.8. The molecule has 5 heteroatoms. The number of rotatable bonds is 6. The Morgan fingerprint density at radius 3 is 2.50 bits per heavy atom. The summed E-state index contributed by atoms with van der Waals surface area (Å²) in [5.41, 5.74) is 0.988. The van der Waals surface area contributed by atoms with Crippen molar-refractivity contribution < 1.29 is 14.7 Å². The molecule has 3 rings (SSSR count). The van der Waals surface area contributed by atoms with E-state index >= 15 is 0 Å². The quantitative estimate of drug-likeness (QED) is 0.749. The van der Waals surface area contributed by atoms with E-state index in [0.29, 0.717) is 12.5 Å². The molecule has 2 amide bonds. The van der Waals surface area contributed by atoms with Gasteiger partial charge in [0.1, 0.15) is 0 Å². The van der Waals surface area contributed by atoms with Crippen LogP contribution in [0.2, 0.25) is 0 Å². The predicted molar refractivity (Wildman–Crippen MR) is 91.9 cm³/mol. The molecule has 0 radical (unpaired) electrons. The Balaban J connectivity index is 1.47. The first-order valence-electron chi connectivity index (χ1n) is 8.89. The number of benzene rings is 1. The smallest absolute Gasteiger partial charge is 0.315 e. The van der Waals surface area contributed by atoms with E-state index in [1.54, 1.807) is 0 Å². The maximum atomic E-state index is 12.2. The number of hydrogen-bond acceptors (Lipinski definition) is 2. The standard InChI is InChI=1S/C19H26N2O3/c22-17(23)12-19(9-5-2-6-10-19)13-20-18(24)21-16-11-15(16)14-7-3-1-4-8-14/h1,3-4,7-8,15-16H,2,5-6,9-13H2,(H,22,23)(H2,20,21,24)/t15-,16+/m0/s1. The molecule has 1 aromatic rings. The molecule has 0 bridgehead atoms. The molecule has 2 saturated carbocycles. The van der Waals surface area contributed by atoms with Gasteiger partial charge in [-0.2, -0.15) is 0 Å². The van der Waals surface area contributed by atoms with Gasteiger partial charge in [-0.3, -0.25) is 4.79 Å². The molecule has 2 fully saturated rings. The minimum absolute atomic E-state index is 0.142. The number of carbonyl (C=O) groups excluding carboxylic acids is 1. The van der Waals surface area contributed by atoms with Crippen molar-refractivity contribution in [2.45, 2.75) is 56.9 Å². The maximum Gasteiger partial charge on any atom is 0.315 e. The van der Waals surface area contributed by atoms with Crippen LogP contribution in [0.5, 0.6) is 0 Å². The number of carbonyl (C=O) groups is 2. The first-order valence-corrected chi connectivity index (χ1v) is 8.89. The van der Waals surface area contributed by atoms with Gasteiger partial charge in [-0.1, -0.05) is 49.6 Å². The highest BCUT2D eigenvalue weighted by atomic mass is 16.4. The molecule has 2 aliphatic carbocycles. The lowest BCUT2D eigenvalue weighted by Crippen LogP contribution is -2.45. The Labute approximate surface area is 142 Å². The second-order valence-corrected chi connectivity index (χ2v) is 7.32. The van der Waals surface area contributed by atoms with Gasteiger partial charge in [0.2, 0.25) is 0 Å². The summed E-state index contributed by atoms with van der Waals surface area (Å²) in [6.07, 6.45) is 6.14. The molecule has 2 aliphatic rings. The highest BCUT2D eigenvalue weighted by molar-refractivity contribution is 5.75. The molecule has 0 spiro atoms. The number of aliphatic carboxylic acids is 1. The Bertz CT molecular complexity index is 582. The van der Waals surface area contributed by atoms with E-state index in [1.807, 2.05) is 18.2 Å². The number of nitrogens with one attached hydrogen (secondary N) is 2. The molecule has 0 saturated heterocycles. The van der Waals surface area contributed by atoms with E-state index in [9.17, 15) is 14.7 Å². The third kappa shape index (κ3) is 4.28. The van der Waals surface area contributed by atoms with Gasteiger partial charge in [0.25, 0.3) is 0 Å². The lowest BCUT2D eigenvalue weighted by molar-refractivity contribution is -0.140. The number of carboxylic acid groups (broad SMARTS) is 1. The third-order valence-corrected chi connectivity index (χ3v) is 5.40. The Hall–Kier alpha value is -2.04. The minimum Gasteiger partial charge on any atom is -0.481 e. The van der Waals surface area contributed by atoms with E-state index in [4.69, 9.17) is 0 Å². The fourth-order valence-corrected chi connectivity index (χ4v) is 3.95. The molecule has 5 nitrogen and oxygen atoms in total. The zero-order valence-corrected chi connectivity index (χ0v) is 14.0. The van der Waals surface area contributed by atoms with Crippen LogP contribution in [0.3, 0.4) is 0 Å². The summed E-state index contributed by atoms with van der Waals surface area (Å²) >= 11 is 0. The topological polar surface area (TPSA) is 78.4 Å². The second-order valence-electron chi connectivity index (χ2n) is 7.32. The van der Waals surface area contributed by atoms with Crippen LogP contribution >= 0.6 is 0 Å². The molecular weight excluding hydrogens is 304 g/mol. The highest BCUT2D eigenvalue weighted by Gasteiger charge is 2.40. The van der Waals surface area contributed by atoms with Gasteiger partial charge < -0.3 is 15.7 Å². The van der Waals surface area contributed by atoms with Crippen LogP contribution in [0, 0.1) is 5.41 Å². The molecule has 0 aliphatic heterocycles. The first-order chi connectivity index (χ1) is 11.6. The maximum absolute atomic E-state index is 12.2. The van der Waals surface area contributed by atoms with Crippen molar-refractivity contribution in [3.8, 4) is 0 Å². The van der Waals surface area contributed by atoms with Crippen LogP contribution in [0.4, 0.5) is 4.79 Å². The zero-order valence-electron chi connectivity index (χ0n) is 14.0. The highest BCUT2D eigenvalue weighted by Crippen LogP contribution is 2.41. The van der Waals surface area contributed by atoms with Crippen molar-refractivity contribution in [2.75, 3.05) is 6.54 Å². The van der Waals surface area contributed by atoms with E-state index in [2.05, 4.69) is 22.8 Å². The SMILES string of the molecule is O=C(O)CC1(CNC(=O)N[C@@H]2C[C@H]2c2ccccc2)CCCCC1. The molecule has 2 atom stereocenters. The van der Waals surface area contributed by atoms with Crippen LogP contribution in [0.25, 0.3) is 0 Å².